The number of hydrogen-bond acceptors (Lipinski definition) is 4. The summed E-state index contributed by atoms with van der Waals surface area (Å²) in [6.45, 7) is 4.58. The summed E-state index contributed by atoms with van der Waals surface area (Å²) < 4.78 is 5.38. The van der Waals surface area contributed by atoms with Crippen LogP contribution in [-0.4, -0.2) is 21.6 Å². The molecule has 0 atom stereocenters. The van der Waals surface area contributed by atoms with Gasteiger partial charge in [-0.1, -0.05) is 25.6 Å². The molecule has 0 amide bonds. The van der Waals surface area contributed by atoms with Crippen LogP contribution in [0, 0.1) is 6.92 Å². The van der Waals surface area contributed by atoms with Gasteiger partial charge in [0.05, 0.1) is 6.61 Å². The number of rotatable bonds is 5. The molecule has 0 fully saturated rings. The Balaban J connectivity index is 2.75. The Labute approximate surface area is 94.9 Å². The predicted octanol–water partition coefficient (Wildman–Crippen LogP) is 1.60. The molecule has 0 saturated carbocycles. The molecular formula is C10H15N3OS. The highest BCUT2D eigenvalue weighted by Gasteiger charge is 2.04. The maximum atomic E-state index is 5.49. The van der Waals surface area contributed by atoms with E-state index in [1.54, 1.807) is 6.07 Å². The molecule has 2 N–H and O–H groups in total. The van der Waals surface area contributed by atoms with Crippen LogP contribution in [0.1, 0.15) is 31.2 Å². The van der Waals surface area contributed by atoms with Crippen LogP contribution < -0.4 is 10.5 Å². The molecule has 0 radical (unpaired) electrons. The van der Waals surface area contributed by atoms with Gasteiger partial charge >= 0.3 is 6.01 Å². The SMILES string of the molecule is CCCCOc1nc(C)cc(C(N)=S)n1. The Morgan fingerprint density at radius 3 is 2.87 bits per heavy atom. The first-order valence-electron chi connectivity index (χ1n) is 4.91. The van der Waals surface area contributed by atoms with Gasteiger partial charge in [0.2, 0.25) is 0 Å². The van der Waals surface area contributed by atoms with Gasteiger partial charge in [0.1, 0.15) is 10.7 Å². The molecule has 1 rings (SSSR count). The minimum atomic E-state index is 0.265. The summed E-state index contributed by atoms with van der Waals surface area (Å²) in [5, 5.41) is 0. The molecule has 0 aromatic carbocycles. The van der Waals surface area contributed by atoms with Gasteiger partial charge in [-0.2, -0.15) is 4.98 Å². The van der Waals surface area contributed by atoms with Crippen molar-refractivity contribution >= 4 is 17.2 Å². The topological polar surface area (TPSA) is 61.0 Å². The molecule has 0 unspecified atom stereocenters. The van der Waals surface area contributed by atoms with Crippen LogP contribution in [0.4, 0.5) is 0 Å². The number of aryl methyl sites for hydroxylation is 1. The average molecular weight is 225 g/mol. The van der Waals surface area contributed by atoms with Gasteiger partial charge in [-0.05, 0) is 19.4 Å². The fourth-order valence-corrected chi connectivity index (χ4v) is 1.14. The van der Waals surface area contributed by atoms with E-state index in [1.807, 2.05) is 6.92 Å². The zero-order chi connectivity index (χ0) is 11.3. The van der Waals surface area contributed by atoms with Gasteiger partial charge in [-0.3, -0.25) is 0 Å². The molecule has 1 heterocycles. The van der Waals surface area contributed by atoms with E-state index in [2.05, 4.69) is 16.9 Å². The zero-order valence-electron chi connectivity index (χ0n) is 8.99. The van der Waals surface area contributed by atoms with Crippen molar-refractivity contribution in [2.75, 3.05) is 6.61 Å². The van der Waals surface area contributed by atoms with Crippen LogP contribution in [0.25, 0.3) is 0 Å². The van der Waals surface area contributed by atoms with Crippen molar-refractivity contribution in [1.29, 1.82) is 0 Å². The minimum absolute atomic E-state index is 0.265. The highest BCUT2D eigenvalue weighted by molar-refractivity contribution is 7.80. The summed E-state index contributed by atoms with van der Waals surface area (Å²) in [6.07, 6.45) is 2.06. The van der Waals surface area contributed by atoms with E-state index in [-0.39, 0.29) is 4.99 Å². The highest BCUT2D eigenvalue weighted by Crippen LogP contribution is 2.07. The fourth-order valence-electron chi connectivity index (χ4n) is 1.04. The summed E-state index contributed by atoms with van der Waals surface area (Å²) in [5.41, 5.74) is 6.86. The molecule has 0 bridgehead atoms. The van der Waals surface area contributed by atoms with Crippen molar-refractivity contribution in [1.82, 2.24) is 9.97 Å². The predicted molar refractivity (Wildman–Crippen MR) is 63.1 cm³/mol. The zero-order valence-corrected chi connectivity index (χ0v) is 9.80. The van der Waals surface area contributed by atoms with Crippen LogP contribution in [0.2, 0.25) is 0 Å². The van der Waals surface area contributed by atoms with Crippen LogP contribution in [0.3, 0.4) is 0 Å². The van der Waals surface area contributed by atoms with E-state index >= 15 is 0 Å². The van der Waals surface area contributed by atoms with E-state index < -0.39 is 0 Å². The minimum Gasteiger partial charge on any atom is -0.463 e. The van der Waals surface area contributed by atoms with Gasteiger partial charge < -0.3 is 10.5 Å². The van der Waals surface area contributed by atoms with E-state index in [0.717, 1.165) is 18.5 Å². The van der Waals surface area contributed by atoms with Crippen molar-refractivity contribution in [2.24, 2.45) is 5.73 Å². The second-order valence-corrected chi connectivity index (χ2v) is 3.68. The molecular weight excluding hydrogens is 210 g/mol. The summed E-state index contributed by atoms with van der Waals surface area (Å²) in [4.78, 5) is 8.51. The first-order chi connectivity index (χ1) is 7.13. The van der Waals surface area contributed by atoms with E-state index in [0.29, 0.717) is 18.3 Å². The molecule has 5 heteroatoms. The van der Waals surface area contributed by atoms with Gasteiger partial charge in [0.15, 0.2) is 0 Å². The molecule has 82 valence electrons. The molecule has 1 aromatic heterocycles. The number of nitrogens with two attached hydrogens (primary N) is 1. The Bertz CT molecular complexity index is 355. The lowest BCUT2D eigenvalue weighted by atomic mass is 10.3. The number of hydrogen-bond donors (Lipinski definition) is 1. The third-order valence-corrected chi connectivity index (χ3v) is 2.02. The lowest BCUT2D eigenvalue weighted by Gasteiger charge is -2.05. The molecule has 0 aliphatic heterocycles. The number of aromatic nitrogens is 2. The summed E-state index contributed by atoms with van der Waals surface area (Å²) >= 11 is 4.85. The Kier molecular flexibility index (Phi) is 4.42. The first kappa shape index (κ1) is 11.8. The smallest absolute Gasteiger partial charge is 0.317 e. The quantitative estimate of drug-likeness (QED) is 0.609. The van der Waals surface area contributed by atoms with E-state index in [1.165, 1.54) is 0 Å². The Morgan fingerprint density at radius 2 is 2.27 bits per heavy atom. The number of ether oxygens (including phenoxy) is 1. The van der Waals surface area contributed by atoms with Gasteiger partial charge in [0, 0.05) is 5.69 Å². The van der Waals surface area contributed by atoms with Crippen LogP contribution in [-0.2, 0) is 0 Å². The number of nitrogens with zero attached hydrogens (tertiary/aromatic N) is 2. The molecule has 0 saturated heterocycles. The molecule has 15 heavy (non-hydrogen) atoms. The second kappa shape index (κ2) is 5.60. The monoisotopic (exact) mass is 225 g/mol. The maximum Gasteiger partial charge on any atom is 0.317 e. The highest BCUT2D eigenvalue weighted by atomic mass is 32.1. The van der Waals surface area contributed by atoms with E-state index in [4.69, 9.17) is 22.7 Å². The van der Waals surface area contributed by atoms with E-state index in [9.17, 15) is 0 Å². The van der Waals surface area contributed by atoms with Crippen molar-refractivity contribution in [3.63, 3.8) is 0 Å². The fraction of sp³-hybridized carbons (Fsp3) is 0.500. The average Bonchev–Trinajstić information content (AvgIpc) is 2.17. The Morgan fingerprint density at radius 1 is 1.53 bits per heavy atom. The van der Waals surface area contributed by atoms with Gasteiger partial charge in [0.25, 0.3) is 0 Å². The molecule has 0 spiro atoms. The van der Waals surface area contributed by atoms with Crippen molar-refractivity contribution in [3.8, 4) is 6.01 Å². The summed E-state index contributed by atoms with van der Waals surface area (Å²) in [5.74, 6) is 0. The van der Waals surface area contributed by atoms with Crippen LogP contribution in [0.5, 0.6) is 6.01 Å². The van der Waals surface area contributed by atoms with Crippen molar-refractivity contribution in [3.05, 3.63) is 17.5 Å². The molecule has 0 aliphatic carbocycles. The number of thiocarbonyl (C=S) groups is 1. The normalized spacial score (nSPS) is 10.0. The van der Waals surface area contributed by atoms with Crippen molar-refractivity contribution < 1.29 is 4.74 Å². The lowest BCUT2D eigenvalue weighted by molar-refractivity contribution is 0.284. The third-order valence-electron chi connectivity index (χ3n) is 1.82. The van der Waals surface area contributed by atoms with Crippen LogP contribution in [0.15, 0.2) is 6.07 Å². The molecule has 1 aromatic rings. The summed E-state index contributed by atoms with van der Waals surface area (Å²) in [6, 6.07) is 2.10. The van der Waals surface area contributed by atoms with Gasteiger partial charge in [-0.25, -0.2) is 4.98 Å². The first-order valence-corrected chi connectivity index (χ1v) is 5.32. The standard InChI is InChI=1S/C10H15N3OS/c1-3-4-5-14-10-12-7(2)6-8(13-10)9(11)15/h6H,3-5H2,1-2H3,(H2,11,15). The van der Waals surface area contributed by atoms with Crippen LogP contribution >= 0.6 is 12.2 Å². The maximum absolute atomic E-state index is 5.49. The molecule has 4 nitrogen and oxygen atoms in total. The van der Waals surface area contributed by atoms with Crippen molar-refractivity contribution in [2.45, 2.75) is 26.7 Å². The van der Waals surface area contributed by atoms with Gasteiger partial charge in [-0.15, -0.1) is 0 Å². The lowest BCUT2D eigenvalue weighted by Crippen LogP contribution is -2.13. The number of unbranched alkanes of at least 4 members (excludes halogenated alkanes) is 1. The third kappa shape index (κ3) is 3.79. The Hall–Kier alpha value is -1.23. The second-order valence-electron chi connectivity index (χ2n) is 3.24. The summed E-state index contributed by atoms with van der Waals surface area (Å²) in [7, 11) is 0. The largest absolute Gasteiger partial charge is 0.463 e. The molecule has 0 aliphatic rings.